The van der Waals surface area contributed by atoms with Crippen molar-refractivity contribution in [3.63, 3.8) is 0 Å². The lowest BCUT2D eigenvalue weighted by molar-refractivity contribution is 0.575. The average molecular weight is 258 g/mol. The zero-order chi connectivity index (χ0) is 12.6. The number of aromatic nitrogens is 2. The normalized spacial score (nSPS) is 11.6. The van der Waals surface area contributed by atoms with Crippen LogP contribution in [0.5, 0.6) is 0 Å². The molecule has 0 atom stereocenters. The molecule has 0 saturated carbocycles. The predicted molar refractivity (Wildman–Crippen MR) is 65.8 cm³/mol. The molecule has 0 spiro atoms. The van der Waals surface area contributed by atoms with Crippen molar-refractivity contribution in [2.45, 2.75) is 19.9 Å². The first-order valence-electron chi connectivity index (χ1n) is 5.57. The molecule has 1 rings (SSSR count). The van der Waals surface area contributed by atoms with Gasteiger partial charge < -0.3 is 5.32 Å². The highest BCUT2D eigenvalue weighted by Gasteiger charge is 2.09. The maximum atomic E-state index is 11.6. The molecule has 0 radical (unpaired) electrons. The van der Waals surface area contributed by atoms with Crippen molar-refractivity contribution in [1.82, 2.24) is 20.0 Å². The molecule has 17 heavy (non-hydrogen) atoms. The van der Waals surface area contributed by atoms with Gasteiger partial charge in [0.05, 0.1) is 18.0 Å². The predicted octanol–water partition coefficient (Wildman–Crippen LogP) is -0.104. The summed E-state index contributed by atoms with van der Waals surface area (Å²) in [5.41, 5.74) is 0.657. The van der Waals surface area contributed by atoms with Crippen LogP contribution in [-0.2, 0) is 16.6 Å². The van der Waals surface area contributed by atoms with Crippen molar-refractivity contribution in [3.05, 3.63) is 24.3 Å². The molecule has 1 aromatic heterocycles. The van der Waals surface area contributed by atoms with E-state index < -0.39 is 10.0 Å². The molecule has 0 fully saturated rings. The van der Waals surface area contributed by atoms with Crippen molar-refractivity contribution in [1.29, 1.82) is 0 Å². The van der Waals surface area contributed by atoms with E-state index in [0.717, 1.165) is 13.0 Å². The van der Waals surface area contributed by atoms with Crippen molar-refractivity contribution < 1.29 is 8.42 Å². The summed E-state index contributed by atoms with van der Waals surface area (Å²) < 4.78 is 25.6. The van der Waals surface area contributed by atoms with Gasteiger partial charge in [0.15, 0.2) is 0 Å². The second-order valence-electron chi connectivity index (χ2n) is 3.59. The van der Waals surface area contributed by atoms with Crippen LogP contribution in [0.1, 0.15) is 19.0 Å². The zero-order valence-electron chi connectivity index (χ0n) is 9.89. The molecule has 6 nitrogen and oxygen atoms in total. The molecule has 0 aliphatic carbocycles. The molecule has 96 valence electrons. The van der Waals surface area contributed by atoms with E-state index in [1.165, 1.54) is 6.33 Å². The average Bonchev–Trinajstić information content (AvgIpc) is 2.34. The van der Waals surface area contributed by atoms with Crippen LogP contribution < -0.4 is 10.0 Å². The summed E-state index contributed by atoms with van der Waals surface area (Å²) in [5, 5.41) is 3.04. The number of nitrogens with one attached hydrogen (secondary N) is 2. The van der Waals surface area contributed by atoms with Crippen molar-refractivity contribution in [2.75, 3.05) is 18.8 Å². The Morgan fingerprint density at radius 1 is 1.35 bits per heavy atom. The van der Waals surface area contributed by atoms with Crippen molar-refractivity contribution in [2.24, 2.45) is 0 Å². The van der Waals surface area contributed by atoms with E-state index in [9.17, 15) is 8.42 Å². The van der Waals surface area contributed by atoms with Gasteiger partial charge in [-0.05, 0) is 19.0 Å². The third kappa shape index (κ3) is 6.30. The molecule has 7 heteroatoms. The molecule has 0 amide bonds. The van der Waals surface area contributed by atoms with Crippen LogP contribution in [0.15, 0.2) is 18.6 Å². The van der Waals surface area contributed by atoms with E-state index in [4.69, 9.17) is 0 Å². The monoisotopic (exact) mass is 258 g/mol. The third-order valence-corrected chi connectivity index (χ3v) is 3.42. The van der Waals surface area contributed by atoms with Gasteiger partial charge in [-0.25, -0.2) is 23.1 Å². The molecular formula is C10H18N4O2S. The fraction of sp³-hybridized carbons (Fsp3) is 0.600. The van der Waals surface area contributed by atoms with Crippen molar-refractivity contribution in [3.8, 4) is 0 Å². The Bertz CT molecular complexity index is 408. The molecule has 0 saturated heterocycles. The molecule has 0 unspecified atom stereocenters. The van der Waals surface area contributed by atoms with Gasteiger partial charge in [-0.3, -0.25) is 0 Å². The van der Waals surface area contributed by atoms with Gasteiger partial charge in [0.1, 0.15) is 6.33 Å². The molecule has 1 heterocycles. The molecule has 0 aromatic carbocycles. The second-order valence-corrected chi connectivity index (χ2v) is 5.52. The molecule has 0 aliphatic rings. The van der Waals surface area contributed by atoms with Crippen LogP contribution in [0.4, 0.5) is 0 Å². The Morgan fingerprint density at radius 3 is 2.82 bits per heavy atom. The summed E-state index contributed by atoms with van der Waals surface area (Å²) in [6.07, 6.45) is 3.97. The molecule has 1 aromatic rings. The van der Waals surface area contributed by atoms with Gasteiger partial charge >= 0.3 is 0 Å². The molecule has 0 aliphatic heterocycles. The van der Waals surface area contributed by atoms with Crippen LogP contribution in [0.3, 0.4) is 0 Å². The minimum Gasteiger partial charge on any atom is -0.316 e. The molecular weight excluding hydrogens is 240 g/mol. The standard InChI is InChI=1S/C10H18N4O2S/c1-2-4-11-6-7-17(15,16)14-8-10-3-5-12-9-13-10/h3,5,9,11,14H,2,4,6-8H2,1H3. The Kier molecular flexibility index (Phi) is 6.03. The van der Waals surface area contributed by atoms with E-state index in [1.807, 2.05) is 6.92 Å². The maximum absolute atomic E-state index is 11.6. The van der Waals surface area contributed by atoms with E-state index in [-0.39, 0.29) is 12.3 Å². The van der Waals surface area contributed by atoms with E-state index in [1.54, 1.807) is 12.3 Å². The topological polar surface area (TPSA) is 84.0 Å². The number of hydrogen-bond donors (Lipinski definition) is 2. The van der Waals surface area contributed by atoms with Crippen LogP contribution in [0.2, 0.25) is 0 Å². The Balaban J connectivity index is 2.30. The van der Waals surface area contributed by atoms with Gasteiger partial charge in [0.2, 0.25) is 10.0 Å². The Morgan fingerprint density at radius 2 is 2.18 bits per heavy atom. The van der Waals surface area contributed by atoms with Crippen molar-refractivity contribution >= 4 is 10.0 Å². The molecule has 2 N–H and O–H groups in total. The number of sulfonamides is 1. The highest BCUT2D eigenvalue weighted by Crippen LogP contribution is 1.92. The quantitative estimate of drug-likeness (QED) is 0.636. The van der Waals surface area contributed by atoms with Gasteiger partial charge in [-0.1, -0.05) is 6.92 Å². The first-order valence-corrected chi connectivity index (χ1v) is 7.22. The lowest BCUT2D eigenvalue weighted by Gasteiger charge is -2.06. The first-order chi connectivity index (χ1) is 8.14. The van der Waals surface area contributed by atoms with Crippen LogP contribution in [0.25, 0.3) is 0 Å². The van der Waals surface area contributed by atoms with Gasteiger partial charge in [-0.15, -0.1) is 0 Å². The summed E-state index contributed by atoms with van der Waals surface area (Å²) in [4.78, 5) is 7.70. The number of nitrogens with zero attached hydrogens (tertiary/aromatic N) is 2. The van der Waals surface area contributed by atoms with Crippen LogP contribution in [0, 0.1) is 0 Å². The SMILES string of the molecule is CCCNCCS(=O)(=O)NCc1ccncn1. The second kappa shape index (κ2) is 7.31. The minimum atomic E-state index is -3.23. The van der Waals surface area contributed by atoms with E-state index in [0.29, 0.717) is 12.2 Å². The lowest BCUT2D eigenvalue weighted by atomic mass is 10.4. The highest BCUT2D eigenvalue weighted by molar-refractivity contribution is 7.89. The minimum absolute atomic E-state index is 0.0814. The summed E-state index contributed by atoms with van der Waals surface area (Å²) in [5.74, 6) is 0.0814. The largest absolute Gasteiger partial charge is 0.316 e. The lowest BCUT2D eigenvalue weighted by Crippen LogP contribution is -2.32. The Labute approximate surface area is 102 Å². The third-order valence-electron chi connectivity index (χ3n) is 2.09. The van der Waals surface area contributed by atoms with Crippen LogP contribution in [-0.4, -0.2) is 37.2 Å². The van der Waals surface area contributed by atoms with Gasteiger partial charge in [-0.2, -0.15) is 0 Å². The fourth-order valence-electron chi connectivity index (χ4n) is 1.19. The Hall–Kier alpha value is -1.05. The summed E-state index contributed by atoms with van der Waals surface area (Å²) in [7, 11) is -3.23. The maximum Gasteiger partial charge on any atom is 0.213 e. The highest BCUT2D eigenvalue weighted by atomic mass is 32.2. The van der Waals surface area contributed by atoms with Crippen LogP contribution >= 0.6 is 0 Å². The summed E-state index contributed by atoms with van der Waals surface area (Å²) >= 11 is 0. The zero-order valence-corrected chi connectivity index (χ0v) is 10.7. The van der Waals surface area contributed by atoms with Gasteiger partial charge in [0.25, 0.3) is 0 Å². The smallest absolute Gasteiger partial charge is 0.213 e. The number of hydrogen-bond acceptors (Lipinski definition) is 5. The fourth-order valence-corrected chi connectivity index (χ4v) is 2.11. The summed E-state index contributed by atoms with van der Waals surface area (Å²) in [6, 6.07) is 1.68. The molecule has 0 bridgehead atoms. The van der Waals surface area contributed by atoms with E-state index in [2.05, 4.69) is 20.0 Å². The van der Waals surface area contributed by atoms with E-state index >= 15 is 0 Å². The summed E-state index contributed by atoms with van der Waals surface area (Å²) in [6.45, 7) is 3.54. The first kappa shape index (κ1) is 14.0. The number of rotatable bonds is 8. The van der Waals surface area contributed by atoms with Gasteiger partial charge in [0, 0.05) is 12.7 Å².